The fraction of sp³-hybridized carbons (Fsp3) is 0. The lowest BCUT2D eigenvalue weighted by molar-refractivity contribution is 1.05. The van der Waals surface area contributed by atoms with Crippen LogP contribution in [0.1, 0.15) is 0 Å². The van der Waals surface area contributed by atoms with E-state index in [0.29, 0.717) is 5.82 Å². The smallest absolute Gasteiger partial charge is 0.162 e. The third kappa shape index (κ3) is 3.78. The molecule has 0 bridgehead atoms. The van der Waals surface area contributed by atoms with Gasteiger partial charge in [-0.2, -0.15) is 0 Å². The van der Waals surface area contributed by atoms with E-state index >= 15 is 0 Å². The quantitative estimate of drug-likeness (QED) is 0.256. The number of para-hydroxylation sites is 2. The van der Waals surface area contributed by atoms with E-state index in [9.17, 15) is 0 Å². The molecule has 7 rings (SSSR count). The molecule has 0 fully saturated rings. The van der Waals surface area contributed by atoms with Gasteiger partial charge in [0.1, 0.15) is 5.82 Å². The molecule has 0 aliphatic carbocycles. The molecule has 0 radical (unpaired) electrons. The van der Waals surface area contributed by atoms with Gasteiger partial charge in [0.05, 0.1) is 16.7 Å². The predicted octanol–water partition coefficient (Wildman–Crippen LogP) is 8.57. The van der Waals surface area contributed by atoms with Gasteiger partial charge in [-0.25, -0.2) is 9.97 Å². The summed E-state index contributed by atoms with van der Waals surface area (Å²) in [6.45, 7) is 0. The Balaban J connectivity index is 1.45. The molecule has 0 aliphatic heterocycles. The van der Waals surface area contributed by atoms with Gasteiger partial charge in [0.15, 0.2) is 5.82 Å². The molecule has 5 aromatic carbocycles. The van der Waals surface area contributed by atoms with Crippen molar-refractivity contribution in [1.29, 1.82) is 0 Å². The van der Waals surface area contributed by atoms with E-state index in [1.165, 1.54) is 21.9 Å². The van der Waals surface area contributed by atoms with E-state index in [2.05, 4.69) is 120 Å². The topological polar surface area (TPSA) is 30.7 Å². The number of nitrogens with zero attached hydrogens (tertiary/aromatic N) is 3. The van der Waals surface area contributed by atoms with Crippen LogP contribution in [0.2, 0.25) is 0 Å². The van der Waals surface area contributed by atoms with Crippen LogP contribution in [-0.4, -0.2) is 14.5 Å². The summed E-state index contributed by atoms with van der Waals surface area (Å²) < 4.78 is 2.25. The predicted molar refractivity (Wildman–Crippen MR) is 153 cm³/mol. The van der Waals surface area contributed by atoms with Gasteiger partial charge in [-0.15, -0.1) is 0 Å². The van der Waals surface area contributed by atoms with Crippen molar-refractivity contribution in [2.24, 2.45) is 0 Å². The first-order chi connectivity index (χ1) is 18.3. The van der Waals surface area contributed by atoms with Crippen molar-refractivity contribution in [3.63, 3.8) is 0 Å². The Hall–Kier alpha value is -5.02. The highest BCUT2D eigenvalue weighted by atomic mass is 15.1. The molecule has 0 unspecified atom stereocenters. The normalized spacial score (nSPS) is 11.2. The Labute approximate surface area is 215 Å². The van der Waals surface area contributed by atoms with E-state index in [1.807, 2.05) is 24.3 Å². The second-order valence-corrected chi connectivity index (χ2v) is 9.11. The van der Waals surface area contributed by atoms with E-state index in [1.54, 1.807) is 0 Å². The van der Waals surface area contributed by atoms with Gasteiger partial charge in [-0.05, 0) is 23.3 Å². The Morgan fingerprint density at radius 2 is 0.892 bits per heavy atom. The van der Waals surface area contributed by atoms with Crippen LogP contribution in [0.5, 0.6) is 0 Å². The molecule has 3 heteroatoms. The van der Waals surface area contributed by atoms with Crippen molar-refractivity contribution in [2.45, 2.75) is 0 Å². The van der Waals surface area contributed by atoms with Gasteiger partial charge in [-0.3, -0.25) is 4.57 Å². The Kier molecular flexibility index (Phi) is 5.11. The van der Waals surface area contributed by atoms with Crippen LogP contribution in [0.15, 0.2) is 140 Å². The molecule has 0 aliphatic rings. The van der Waals surface area contributed by atoms with Crippen LogP contribution < -0.4 is 0 Å². The Bertz CT molecular complexity index is 1800. The number of aromatic nitrogens is 3. The van der Waals surface area contributed by atoms with E-state index in [0.717, 1.165) is 33.7 Å². The van der Waals surface area contributed by atoms with Crippen molar-refractivity contribution >= 4 is 21.8 Å². The summed E-state index contributed by atoms with van der Waals surface area (Å²) in [6, 6.07) is 48.4. The molecule has 0 amide bonds. The number of fused-ring (bicyclic) bond motifs is 3. The van der Waals surface area contributed by atoms with Crippen LogP contribution >= 0.6 is 0 Å². The monoisotopic (exact) mass is 473 g/mol. The van der Waals surface area contributed by atoms with E-state index < -0.39 is 0 Å². The van der Waals surface area contributed by atoms with Crippen molar-refractivity contribution in [1.82, 2.24) is 14.5 Å². The summed E-state index contributed by atoms with van der Waals surface area (Å²) in [5, 5.41) is 2.43. The minimum absolute atomic E-state index is 0.710. The summed E-state index contributed by atoms with van der Waals surface area (Å²) in [4.78, 5) is 10.1. The van der Waals surface area contributed by atoms with Crippen molar-refractivity contribution in [3.8, 4) is 39.6 Å². The van der Waals surface area contributed by atoms with Crippen molar-refractivity contribution < 1.29 is 0 Å². The van der Waals surface area contributed by atoms with Crippen molar-refractivity contribution in [3.05, 3.63) is 140 Å². The Morgan fingerprint density at radius 1 is 0.405 bits per heavy atom. The first-order valence-electron chi connectivity index (χ1n) is 12.4. The molecule has 0 spiro atoms. The van der Waals surface area contributed by atoms with Gasteiger partial charge in [0.2, 0.25) is 0 Å². The van der Waals surface area contributed by atoms with Crippen molar-refractivity contribution in [2.75, 3.05) is 0 Å². The molecule has 37 heavy (non-hydrogen) atoms. The third-order valence-corrected chi connectivity index (χ3v) is 6.84. The fourth-order valence-corrected chi connectivity index (χ4v) is 5.05. The van der Waals surface area contributed by atoms with Crippen LogP contribution in [0.3, 0.4) is 0 Å². The zero-order valence-electron chi connectivity index (χ0n) is 20.1. The van der Waals surface area contributed by atoms with Crippen LogP contribution in [0.25, 0.3) is 61.4 Å². The number of hydrogen-bond donors (Lipinski definition) is 0. The molecule has 0 saturated carbocycles. The van der Waals surface area contributed by atoms with Gasteiger partial charge >= 0.3 is 0 Å². The first-order valence-corrected chi connectivity index (χ1v) is 12.4. The molecule has 2 aromatic heterocycles. The third-order valence-electron chi connectivity index (χ3n) is 6.84. The van der Waals surface area contributed by atoms with Gasteiger partial charge in [0.25, 0.3) is 0 Å². The molecular weight excluding hydrogens is 450 g/mol. The number of rotatable bonds is 4. The summed E-state index contributed by atoms with van der Waals surface area (Å²) in [6.07, 6.45) is 0. The SMILES string of the molecule is c1ccc(-c2ccc(-c3cc(-n4c5ccccc5c5ccccc54)nc(-c4ccccc4)n3)cc2)cc1. The fourth-order valence-electron chi connectivity index (χ4n) is 5.05. The maximum Gasteiger partial charge on any atom is 0.162 e. The molecule has 3 nitrogen and oxygen atoms in total. The summed E-state index contributed by atoms with van der Waals surface area (Å²) in [7, 11) is 0. The molecule has 0 N–H and O–H groups in total. The molecule has 0 saturated heterocycles. The molecular formula is C34H23N3. The highest BCUT2D eigenvalue weighted by Gasteiger charge is 2.16. The lowest BCUT2D eigenvalue weighted by Crippen LogP contribution is -2.02. The number of benzene rings is 5. The van der Waals surface area contributed by atoms with Gasteiger partial charge in [0, 0.05) is 28.0 Å². The minimum atomic E-state index is 0.710. The minimum Gasteiger partial charge on any atom is -0.294 e. The van der Waals surface area contributed by atoms with Crippen LogP contribution in [0.4, 0.5) is 0 Å². The molecule has 0 atom stereocenters. The van der Waals surface area contributed by atoms with Crippen LogP contribution in [0, 0.1) is 0 Å². The zero-order valence-corrected chi connectivity index (χ0v) is 20.1. The van der Waals surface area contributed by atoms with E-state index in [-0.39, 0.29) is 0 Å². The highest BCUT2D eigenvalue weighted by molar-refractivity contribution is 6.09. The summed E-state index contributed by atoms with van der Waals surface area (Å²) in [5.74, 6) is 1.57. The maximum absolute atomic E-state index is 5.09. The molecule has 7 aromatic rings. The second kappa shape index (κ2) is 8.89. The Morgan fingerprint density at radius 3 is 1.51 bits per heavy atom. The zero-order chi connectivity index (χ0) is 24.6. The number of hydrogen-bond acceptors (Lipinski definition) is 2. The van der Waals surface area contributed by atoms with Gasteiger partial charge in [-0.1, -0.05) is 121 Å². The standard InChI is InChI=1S/C34H23N3/c1-3-11-24(12-4-1)25-19-21-26(22-20-25)30-23-33(36-34(35-30)27-13-5-2-6-14-27)37-31-17-9-7-15-28(31)29-16-8-10-18-32(29)37/h1-23H. The lowest BCUT2D eigenvalue weighted by atomic mass is 10.0. The highest BCUT2D eigenvalue weighted by Crippen LogP contribution is 2.33. The second-order valence-electron chi connectivity index (χ2n) is 9.11. The lowest BCUT2D eigenvalue weighted by Gasteiger charge is -2.12. The largest absolute Gasteiger partial charge is 0.294 e. The van der Waals surface area contributed by atoms with Gasteiger partial charge < -0.3 is 0 Å². The maximum atomic E-state index is 5.09. The van der Waals surface area contributed by atoms with Crippen LogP contribution in [-0.2, 0) is 0 Å². The average molecular weight is 474 g/mol. The first kappa shape index (κ1) is 21.3. The van der Waals surface area contributed by atoms with E-state index in [4.69, 9.17) is 9.97 Å². The molecule has 174 valence electrons. The summed E-state index contributed by atoms with van der Waals surface area (Å²) >= 11 is 0. The summed E-state index contributed by atoms with van der Waals surface area (Å²) in [5.41, 5.74) is 7.59. The molecule has 2 heterocycles. The average Bonchev–Trinajstić information content (AvgIpc) is 3.32.